The van der Waals surface area contributed by atoms with Gasteiger partial charge in [0.25, 0.3) is 5.91 Å². The zero-order chi connectivity index (χ0) is 22.3. The molecule has 1 N–H and O–H groups in total. The summed E-state index contributed by atoms with van der Waals surface area (Å²) in [6, 6.07) is 13.5. The Kier molecular flexibility index (Phi) is 5.21. The Labute approximate surface area is 187 Å². The molecule has 0 saturated carbocycles. The molecule has 1 aliphatic heterocycles. The zero-order valence-electron chi connectivity index (χ0n) is 18.4. The maximum Gasteiger partial charge on any atom is 0.256 e. The molecule has 0 bridgehead atoms. The van der Waals surface area contributed by atoms with Gasteiger partial charge in [-0.1, -0.05) is 18.2 Å². The molecule has 3 aromatic rings. The van der Waals surface area contributed by atoms with Crippen LogP contribution in [0.3, 0.4) is 0 Å². The third-order valence-electron chi connectivity index (χ3n) is 6.71. The lowest BCUT2D eigenvalue weighted by Gasteiger charge is -2.38. The second kappa shape index (κ2) is 8.06. The largest absolute Gasteiger partial charge is 0.489 e. The Balaban J connectivity index is 1.35. The van der Waals surface area contributed by atoms with Crippen molar-refractivity contribution in [2.45, 2.75) is 57.3 Å². The number of para-hydroxylation sites is 1. The molecule has 5 rings (SSSR count). The van der Waals surface area contributed by atoms with Crippen molar-refractivity contribution in [1.29, 1.82) is 0 Å². The van der Waals surface area contributed by atoms with Gasteiger partial charge in [0, 0.05) is 6.04 Å². The van der Waals surface area contributed by atoms with Gasteiger partial charge in [-0.05, 0) is 74.9 Å². The topological polar surface area (TPSA) is 80.5 Å². The van der Waals surface area contributed by atoms with Gasteiger partial charge in [-0.3, -0.25) is 4.79 Å². The highest BCUT2D eigenvalue weighted by Gasteiger charge is 2.34. The number of likely N-dealkylation sites (tertiary alicyclic amines) is 1. The molecule has 2 aromatic carbocycles. The number of ether oxygens (including phenoxy) is 1. The lowest BCUT2D eigenvalue weighted by molar-refractivity contribution is 0.0380. The minimum absolute atomic E-state index is 0.0458. The van der Waals surface area contributed by atoms with E-state index in [0.29, 0.717) is 17.8 Å². The first-order chi connectivity index (χ1) is 15.4. The van der Waals surface area contributed by atoms with Crippen molar-refractivity contribution >= 4 is 5.91 Å². The first-order valence-corrected chi connectivity index (χ1v) is 11.2. The number of benzene rings is 2. The predicted octanol–water partition coefficient (Wildman–Crippen LogP) is 3.49. The second-order valence-corrected chi connectivity index (χ2v) is 9.05. The maximum atomic E-state index is 13.5. The van der Waals surface area contributed by atoms with Crippen LogP contribution in [0.4, 0.5) is 0 Å². The molecule has 0 spiro atoms. The average Bonchev–Trinajstić information content (AvgIpc) is 3.43. The molecular formula is C25H28N4O3. The van der Waals surface area contributed by atoms with Crippen molar-refractivity contribution < 1.29 is 14.6 Å². The smallest absolute Gasteiger partial charge is 0.256 e. The van der Waals surface area contributed by atoms with Gasteiger partial charge in [0.2, 0.25) is 0 Å². The van der Waals surface area contributed by atoms with Crippen LogP contribution >= 0.6 is 0 Å². The first-order valence-electron chi connectivity index (χ1n) is 11.2. The van der Waals surface area contributed by atoms with Crippen molar-refractivity contribution in [1.82, 2.24) is 19.9 Å². The third-order valence-corrected chi connectivity index (χ3v) is 6.71. The fraction of sp³-hybridized carbons (Fsp3) is 0.400. The number of hydrogen-bond donors (Lipinski definition) is 1. The summed E-state index contributed by atoms with van der Waals surface area (Å²) in [6.07, 6.45) is 6.46. The van der Waals surface area contributed by atoms with Gasteiger partial charge in [-0.25, -0.2) is 0 Å². The number of aliphatic hydroxyl groups is 1. The molecule has 32 heavy (non-hydrogen) atoms. The van der Waals surface area contributed by atoms with E-state index in [-0.39, 0.29) is 18.1 Å². The van der Waals surface area contributed by atoms with Gasteiger partial charge in [0.05, 0.1) is 35.8 Å². The molecule has 2 heterocycles. The van der Waals surface area contributed by atoms with Crippen LogP contribution in [0.1, 0.15) is 54.6 Å². The quantitative estimate of drug-likeness (QED) is 0.683. The summed E-state index contributed by atoms with van der Waals surface area (Å²) >= 11 is 0. The molecule has 1 unspecified atom stereocenters. The lowest BCUT2D eigenvalue weighted by Crippen LogP contribution is -2.49. The van der Waals surface area contributed by atoms with E-state index < -0.39 is 5.60 Å². The van der Waals surface area contributed by atoms with E-state index >= 15 is 0 Å². The van der Waals surface area contributed by atoms with Crippen LogP contribution in [0.2, 0.25) is 0 Å². The molecule has 7 heteroatoms. The molecule has 3 atom stereocenters. The minimum Gasteiger partial charge on any atom is -0.489 e. The Morgan fingerprint density at radius 1 is 1.16 bits per heavy atom. The van der Waals surface area contributed by atoms with Crippen LogP contribution in [0.15, 0.2) is 54.9 Å². The van der Waals surface area contributed by atoms with Crippen LogP contribution in [0.25, 0.3) is 5.69 Å². The molecule has 1 aliphatic carbocycles. The second-order valence-electron chi connectivity index (χ2n) is 9.05. The molecule has 1 amide bonds. The number of hydrogen-bond acceptors (Lipinski definition) is 5. The highest BCUT2D eigenvalue weighted by atomic mass is 16.5. The average molecular weight is 433 g/mol. The standard InChI is InChI=1S/C25H28N4O3/c1-17-7-9-20(32-19-10-8-18-11-12-25(2,31)22(18)15-19)16-28(17)24(30)21-5-3-4-6-23(21)29-26-13-14-27-29/h3-6,8,10,13-15,17,20,31H,7,9,11-12,16H2,1-2H3/t17-,20-,25?/m1/s1. The highest BCUT2D eigenvalue weighted by Crippen LogP contribution is 2.38. The van der Waals surface area contributed by atoms with E-state index in [1.807, 2.05) is 54.3 Å². The molecule has 2 aliphatic rings. The van der Waals surface area contributed by atoms with Crippen molar-refractivity contribution in [3.8, 4) is 11.4 Å². The Morgan fingerprint density at radius 3 is 2.75 bits per heavy atom. The summed E-state index contributed by atoms with van der Waals surface area (Å²) in [5, 5.41) is 19.0. The fourth-order valence-electron chi connectivity index (χ4n) is 4.83. The summed E-state index contributed by atoms with van der Waals surface area (Å²) in [7, 11) is 0. The monoisotopic (exact) mass is 432 g/mol. The summed E-state index contributed by atoms with van der Waals surface area (Å²) in [4.78, 5) is 16.9. The predicted molar refractivity (Wildman–Crippen MR) is 120 cm³/mol. The number of nitrogens with zero attached hydrogens (tertiary/aromatic N) is 4. The van der Waals surface area contributed by atoms with Gasteiger partial charge >= 0.3 is 0 Å². The molecule has 1 fully saturated rings. The number of carbonyl (C=O) groups excluding carboxylic acids is 1. The maximum absolute atomic E-state index is 13.5. The molecule has 1 saturated heterocycles. The molecule has 1 aromatic heterocycles. The van der Waals surface area contributed by atoms with Gasteiger partial charge in [-0.2, -0.15) is 15.0 Å². The van der Waals surface area contributed by atoms with Crippen molar-refractivity contribution in [2.24, 2.45) is 0 Å². The number of aryl methyl sites for hydroxylation is 1. The number of piperidine rings is 1. The van der Waals surface area contributed by atoms with Crippen molar-refractivity contribution in [3.63, 3.8) is 0 Å². The summed E-state index contributed by atoms with van der Waals surface area (Å²) in [6.45, 7) is 4.45. The van der Waals surface area contributed by atoms with E-state index in [9.17, 15) is 9.90 Å². The van der Waals surface area contributed by atoms with Crippen molar-refractivity contribution in [3.05, 3.63) is 71.5 Å². The minimum atomic E-state index is -0.804. The van der Waals surface area contributed by atoms with Gasteiger partial charge in [0.15, 0.2) is 0 Å². The van der Waals surface area contributed by atoms with Crippen molar-refractivity contribution in [2.75, 3.05) is 6.54 Å². The van der Waals surface area contributed by atoms with Crippen LogP contribution < -0.4 is 4.74 Å². The van der Waals surface area contributed by atoms with Crippen LogP contribution in [0, 0.1) is 0 Å². The Bertz CT molecular complexity index is 1130. The van der Waals surface area contributed by atoms with E-state index in [2.05, 4.69) is 17.1 Å². The lowest BCUT2D eigenvalue weighted by atomic mass is 9.98. The van der Waals surface area contributed by atoms with Crippen LogP contribution in [-0.4, -0.2) is 49.6 Å². The van der Waals surface area contributed by atoms with E-state index in [1.165, 1.54) is 10.4 Å². The summed E-state index contributed by atoms with van der Waals surface area (Å²) < 4.78 is 6.31. The molecule has 7 nitrogen and oxygen atoms in total. The highest BCUT2D eigenvalue weighted by molar-refractivity contribution is 5.98. The van der Waals surface area contributed by atoms with Crippen LogP contribution in [-0.2, 0) is 12.0 Å². The first kappa shape index (κ1) is 20.7. The number of amides is 1. The van der Waals surface area contributed by atoms with Gasteiger partial charge in [-0.15, -0.1) is 0 Å². The molecule has 0 radical (unpaired) electrons. The van der Waals surface area contributed by atoms with Gasteiger partial charge < -0.3 is 14.7 Å². The third kappa shape index (κ3) is 3.77. The number of fused-ring (bicyclic) bond motifs is 1. The summed E-state index contributed by atoms with van der Waals surface area (Å²) in [5.74, 6) is 0.703. The molecular weight excluding hydrogens is 404 g/mol. The zero-order valence-corrected chi connectivity index (χ0v) is 18.4. The normalized spacial score (nSPS) is 24.9. The van der Waals surface area contributed by atoms with E-state index in [0.717, 1.165) is 37.0 Å². The van der Waals surface area contributed by atoms with E-state index in [1.54, 1.807) is 12.4 Å². The fourth-order valence-corrected chi connectivity index (χ4v) is 4.83. The Hall–Kier alpha value is -3.19. The van der Waals surface area contributed by atoms with E-state index in [4.69, 9.17) is 4.74 Å². The number of carbonyl (C=O) groups is 1. The van der Waals surface area contributed by atoms with Crippen LogP contribution in [0.5, 0.6) is 5.75 Å². The number of aromatic nitrogens is 3. The van der Waals surface area contributed by atoms with Gasteiger partial charge in [0.1, 0.15) is 11.9 Å². The Morgan fingerprint density at radius 2 is 1.94 bits per heavy atom. The SMILES string of the molecule is C[C@@H]1CC[C@@H](Oc2ccc3c(c2)C(C)(O)CC3)CN1C(=O)c1ccccc1-n1nccn1. The molecule has 166 valence electrons. The number of rotatable bonds is 4. The summed E-state index contributed by atoms with van der Waals surface area (Å²) in [5.41, 5.74) is 2.57.